The van der Waals surface area contributed by atoms with Gasteiger partial charge in [-0.05, 0) is 0 Å². The summed E-state index contributed by atoms with van der Waals surface area (Å²) in [6, 6.07) is 0. The van der Waals surface area contributed by atoms with E-state index in [0.29, 0.717) is 0 Å². The number of sulfone groups is 1. The van der Waals surface area contributed by atoms with Gasteiger partial charge in [0.15, 0.2) is 5.69 Å². The summed E-state index contributed by atoms with van der Waals surface area (Å²) in [5, 5.41) is -0.526. The fraction of sp³-hybridized carbons (Fsp3) is 0.286. The first-order valence-corrected chi connectivity index (χ1v) is 5.94. The maximum absolute atomic E-state index is 11.1. The van der Waals surface area contributed by atoms with E-state index >= 15 is 0 Å². The normalized spacial score (nSPS) is 11.1. The van der Waals surface area contributed by atoms with Crippen LogP contribution in [0.25, 0.3) is 0 Å². The van der Waals surface area contributed by atoms with Gasteiger partial charge in [0.2, 0.25) is 15.0 Å². The third kappa shape index (κ3) is 2.63. The molecule has 0 aliphatic heterocycles. The second kappa shape index (κ2) is 4.11. The van der Waals surface area contributed by atoms with Gasteiger partial charge in [-0.3, -0.25) is 0 Å². The summed E-state index contributed by atoms with van der Waals surface area (Å²) >= 11 is 5.60. The van der Waals surface area contributed by atoms with Crippen molar-refractivity contribution in [1.29, 1.82) is 0 Å². The number of nitrogens with zero attached hydrogens (tertiary/aromatic N) is 2. The molecule has 0 aliphatic rings. The monoisotopic (exact) mass is 250 g/mol. The van der Waals surface area contributed by atoms with Gasteiger partial charge in [0.05, 0.1) is 18.3 Å². The van der Waals surface area contributed by atoms with E-state index in [1.807, 2.05) is 0 Å². The first-order valence-electron chi connectivity index (χ1n) is 3.67. The van der Waals surface area contributed by atoms with E-state index in [1.165, 1.54) is 0 Å². The number of rotatable bonds is 2. The zero-order chi connectivity index (χ0) is 11.6. The predicted octanol–water partition coefficient (Wildman–Crippen LogP) is 0.320. The molecule has 1 rings (SSSR count). The number of halogens is 1. The lowest BCUT2D eigenvalue weighted by Crippen LogP contribution is -2.11. The van der Waals surface area contributed by atoms with Gasteiger partial charge in [0.1, 0.15) is 0 Å². The average molecular weight is 251 g/mol. The molecule has 15 heavy (non-hydrogen) atoms. The van der Waals surface area contributed by atoms with E-state index in [9.17, 15) is 13.2 Å². The van der Waals surface area contributed by atoms with Crippen LogP contribution in [0, 0.1) is 0 Å². The smallest absolute Gasteiger partial charge is 0.358 e. The van der Waals surface area contributed by atoms with E-state index in [2.05, 4.69) is 14.7 Å². The number of methoxy groups -OCH3 is 1. The third-order valence-electron chi connectivity index (χ3n) is 1.43. The fourth-order valence-electron chi connectivity index (χ4n) is 0.769. The number of carbonyl (C=O) groups excluding carboxylic acids is 1. The molecular weight excluding hydrogens is 244 g/mol. The lowest BCUT2D eigenvalue weighted by Gasteiger charge is -2.02. The Kier molecular flexibility index (Phi) is 3.25. The molecular formula is C7H7ClN2O4S. The van der Waals surface area contributed by atoms with Crippen LogP contribution in [0.4, 0.5) is 0 Å². The Morgan fingerprint density at radius 1 is 1.53 bits per heavy atom. The highest BCUT2D eigenvalue weighted by molar-refractivity contribution is 7.90. The van der Waals surface area contributed by atoms with Crippen molar-refractivity contribution in [1.82, 2.24) is 9.97 Å². The third-order valence-corrected chi connectivity index (χ3v) is 2.57. The molecule has 0 radical (unpaired) electrons. The highest BCUT2D eigenvalue weighted by Crippen LogP contribution is 2.14. The van der Waals surface area contributed by atoms with Gasteiger partial charge in [0.25, 0.3) is 0 Å². The quantitative estimate of drug-likeness (QED) is 0.555. The Morgan fingerprint density at radius 3 is 2.60 bits per heavy atom. The standard InChI is InChI=1S/C7H7ClN2O4S/c1-14-6(11)5-4(8)3-9-7(10-5)15(2,12)13/h3H,1-2H3. The van der Waals surface area contributed by atoms with Crippen molar-refractivity contribution in [2.24, 2.45) is 0 Å². The second-order valence-corrected chi connectivity index (χ2v) is 4.93. The number of hydrogen-bond donors (Lipinski definition) is 0. The highest BCUT2D eigenvalue weighted by Gasteiger charge is 2.18. The zero-order valence-electron chi connectivity index (χ0n) is 7.89. The summed E-state index contributed by atoms with van der Waals surface area (Å²) in [5.41, 5.74) is -0.269. The van der Waals surface area contributed by atoms with Crippen molar-refractivity contribution in [2.75, 3.05) is 13.4 Å². The van der Waals surface area contributed by atoms with E-state index < -0.39 is 21.0 Å². The zero-order valence-corrected chi connectivity index (χ0v) is 9.46. The molecule has 1 heterocycles. The van der Waals surface area contributed by atoms with Gasteiger partial charge in [-0.2, -0.15) is 0 Å². The van der Waals surface area contributed by atoms with Crippen LogP contribution in [0.5, 0.6) is 0 Å². The van der Waals surface area contributed by atoms with Crippen molar-refractivity contribution in [3.8, 4) is 0 Å². The molecule has 1 aromatic heterocycles. The Morgan fingerprint density at radius 2 is 2.13 bits per heavy atom. The van der Waals surface area contributed by atoms with Gasteiger partial charge in [-0.25, -0.2) is 23.2 Å². The number of esters is 1. The molecule has 0 spiro atoms. The van der Waals surface area contributed by atoms with Crippen molar-refractivity contribution in [2.45, 2.75) is 5.16 Å². The predicted molar refractivity (Wildman–Crippen MR) is 51.5 cm³/mol. The Balaban J connectivity index is 3.36. The molecule has 0 bridgehead atoms. The van der Waals surface area contributed by atoms with Crippen LogP contribution < -0.4 is 0 Å². The van der Waals surface area contributed by atoms with E-state index in [0.717, 1.165) is 19.6 Å². The van der Waals surface area contributed by atoms with E-state index in [1.54, 1.807) is 0 Å². The van der Waals surface area contributed by atoms with Crippen LogP contribution in [0.15, 0.2) is 11.4 Å². The van der Waals surface area contributed by atoms with Gasteiger partial charge in [-0.1, -0.05) is 11.6 Å². The van der Waals surface area contributed by atoms with Crippen LogP contribution in [-0.2, 0) is 14.6 Å². The number of carbonyl (C=O) groups is 1. The molecule has 0 atom stereocenters. The van der Waals surface area contributed by atoms with Crippen LogP contribution in [0.1, 0.15) is 10.5 Å². The Bertz CT molecular complexity index is 500. The van der Waals surface area contributed by atoms with Crippen LogP contribution >= 0.6 is 11.6 Å². The number of ether oxygens (including phenoxy) is 1. The summed E-state index contributed by atoms with van der Waals surface area (Å²) in [7, 11) is -2.43. The van der Waals surface area contributed by atoms with Crippen LogP contribution in [-0.4, -0.2) is 37.7 Å². The SMILES string of the molecule is COC(=O)c1nc(S(C)(=O)=O)ncc1Cl. The van der Waals surface area contributed by atoms with Gasteiger partial charge >= 0.3 is 5.97 Å². The lowest BCUT2D eigenvalue weighted by molar-refractivity contribution is 0.0593. The summed E-state index contributed by atoms with van der Waals surface area (Å²) in [6.45, 7) is 0. The lowest BCUT2D eigenvalue weighted by atomic mass is 10.4. The maximum atomic E-state index is 11.1. The molecule has 1 aromatic rings. The molecule has 0 unspecified atom stereocenters. The summed E-state index contributed by atoms with van der Waals surface area (Å²) < 4.78 is 26.6. The summed E-state index contributed by atoms with van der Waals surface area (Å²) in [4.78, 5) is 18.1. The second-order valence-electron chi connectivity index (χ2n) is 2.61. The van der Waals surface area contributed by atoms with Crippen molar-refractivity contribution in [3.63, 3.8) is 0 Å². The molecule has 0 aromatic carbocycles. The molecule has 0 amide bonds. The van der Waals surface area contributed by atoms with Gasteiger partial charge in [-0.15, -0.1) is 0 Å². The average Bonchev–Trinajstić information content (AvgIpc) is 2.15. The first-order chi connectivity index (χ1) is 6.86. The summed E-state index contributed by atoms with van der Waals surface area (Å²) in [5.74, 6) is -0.813. The Labute approximate surface area is 91.2 Å². The minimum Gasteiger partial charge on any atom is -0.464 e. The van der Waals surface area contributed by atoms with Gasteiger partial charge in [0, 0.05) is 6.26 Å². The Hall–Kier alpha value is -1.21. The molecule has 0 N–H and O–H groups in total. The molecule has 0 saturated carbocycles. The first kappa shape index (κ1) is 11.9. The van der Waals surface area contributed by atoms with Crippen LogP contribution in [0.2, 0.25) is 5.02 Å². The van der Waals surface area contributed by atoms with Crippen molar-refractivity contribution in [3.05, 3.63) is 16.9 Å². The summed E-state index contributed by atoms with van der Waals surface area (Å²) in [6.07, 6.45) is 1.97. The molecule has 82 valence electrons. The van der Waals surface area contributed by atoms with Crippen molar-refractivity contribution < 1.29 is 17.9 Å². The molecule has 6 nitrogen and oxygen atoms in total. The van der Waals surface area contributed by atoms with Crippen molar-refractivity contribution >= 4 is 27.4 Å². The molecule has 0 aliphatic carbocycles. The fourth-order valence-corrected chi connectivity index (χ4v) is 1.44. The minimum absolute atomic E-state index is 0.0609. The maximum Gasteiger partial charge on any atom is 0.358 e. The topological polar surface area (TPSA) is 86.2 Å². The molecule has 8 heteroatoms. The number of aromatic nitrogens is 2. The number of hydrogen-bond acceptors (Lipinski definition) is 6. The van der Waals surface area contributed by atoms with Crippen LogP contribution in [0.3, 0.4) is 0 Å². The van der Waals surface area contributed by atoms with E-state index in [4.69, 9.17) is 11.6 Å². The highest BCUT2D eigenvalue weighted by atomic mass is 35.5. The van der Waals surface area contributed by atoms with Gasteiger partial charge < -0.3 is 4.74 Å². The largest absolute Gasteiger partial charge is 0.464 e. The van der Waals surface area contributed by atoms with E-state index in [-0.39, 0.29) is 10.7 Å². The molecule has 0 fully saturated rings. The molecule has 0 saturated heterocycles. The minimum atomic E-state index is -3.57.